The largest absolute Gasteiger partial charge is 0.511 e. The Kier molecular flexibility index (Phi) is 4.69. The molecule has 3 aliphatic rings. The van der Waals surface area contributed by atoms with Gasteiger partial charge in [-0.05, 0) is 61.9 Å². The maximum absolute atomic E-state index is 14.1. The van der Waals surface area contributed by atoms with Gasteiger partial charge >= 0.3 is 0 Å². The highest BCUT2D eigenvalue weighted by Gasteiger charge is 2.67. The van der Waals surface area contributed by atoms with Gasteiger partial charge in [0.05, 0.1) is 12.5 Å². The van der Waals surface area contributed by atoms with Crippen molar-refractivity contribution in [1.29, 1.82) is 0 Å². The zero-order valence-corrected chi connectivity index (χ0v) is 20.4. The number of fused-ring (bicyclic) bond motifs is 3. The zero-order valence-electron chi connectivity index (χ0n) is 20.4. The van der Waals surface area contributed by atoms with Crippen molar-refractivity contribution in [2.75, 3.05) is 0 Å². The summed E-state index contributed by atoms with van der Waals surface area (Å²) < 4.78 is 5.29. The predicted octanol–water partition coefficient (Wildman–Crippen LogP) is 4.64. The standard InChI is InChI=1S/C28H28O7/c1-13-8-17(16-6-7-35-11-16)18-9-26(4)12-27(5)10-19(30)21(15(3)29)24(32)28(27,34)25(33)22(26)23(31)20(18)14(13)2/h6-8,11,30,33-34H,9-10,12H2,1-5H3/t26-,27+,28+/m1/s1. The lowest BCUT2D eigenvalue weighted by Crippen LogP contribution is -2.63. The van der Waals surface area contributed by atoms with Crippen LogP contribution in [-0.2, 0) is 16.0 Å². The Morgan fingerprint density at radius 3 is 2.40 bits per heavy atom. The molecule has 0 amide bonds. The van der Waals surface area contributed by atoms with Gasteiger partial charge in [0.2, 0.25) is 5.78 Å². The minimum absolute atomic E-state index is 0.00513. The molecule has 7 nitrogen and oxygen atoms in total. The van der Waals surface area contributed by atoms with Crippen molar-refractivity contribution in [3.05, 3.63) is 69.6 Å². The van der Waals surface area contributed by atoms with Gasteiger partial charge < -0.3 is 19.7 Å². The summed E-state index contributed by atoms with van der Waals surface area (Å²) in [5.41, 5.74) is -0.686. The average molecular weight is 477 g/mol. The first-order valence-corrected chi connectivity index (χ1v) is 11.6. The third kappa shape index (κ3) is 2.79. The van der Waals surface area contributed by atoms with Gasteiger partial charge in [0, 0.05) is 34.0 Å². The van der Waals surface area contributed by atoms with Gasteiger partial charge in [0.1, 0.15) is 17.1 Å². The highest BCUT2D eigenvalue weighted by Crippen LogP contribution is 2.62. The summed E-state index contributed by atoms with van der Waals surface area (Å²) in [7, 11) is 0. The molecular weight excluding hydrogens is 448 g/mol. The molecule has 0 bridgehead atoms. The van der Waals surface area contributed by atoms with E-state index in [-0.39, 0.29) is 18.4 Å². The van der Waals surface area contributed by atoms with E-state index in [1.807, 2.05) is 32.9 Å². The number of allylic oxidation sites excluding steroid dienone is 2. The first kappa shape index (κ1) is 23.3. The molecule has 0 radical (unpaired) electrons. The van der Waals surface area contributed by atoms with Crippen LogP contribution < -0.4 is 0 Å². The molecule has 7 heteroatoms. The first-order chi connectivity index (χ1) is 16.3. The Morgan fingerprint density at radius 1 is 1.11 bits per heavy atom. The van der Waals surface area contributed by atoms with Gasteiger partial charge in [-0.15, -0.1) is 0 Å². The van der Waals surface area contributed by atoms with Gasteiger partial charge in [-0.2, -0.15) is 0 Å². The summed E-state index contributed by atoms with van der Waals surface area (Å²) in [4.78, 5) is 39.6. The van der Waals surface area contributed by atoms with Crippen LogP contribution in [0.4, 0.5) is 0 Å². The van der Waals surface area contributed by atoms with E-state index < -0.39 is 50.9 Å². The predicted molar refractivity (Wildman–Crippen MR) is 127 cm³/mol. The van der Waals surface area contributed by atoms with Crippen LogP contribution in [0.5, 0.6) is 0 Å². The minimum Gasteiger partial charge on any atom is -0.511 e. The number of aliphatic hydroxyl groups is 3. The van der Waals surface area contributed by atoms with Gasteiger partial charge in [-0.1, -0.05) is 19.9 Å². The number of benzene rings is 1. The molecule has 3 atom stereocenters. The Bertz CT molecular complexity index is 1410. The van der Waals surface area contributed by atoms with Gasteiger partial charge in [0.25, 0.3) is 0 Å². The van der Waals surface area contributed by atoms with Crippen LogP contribution in [0.2, 0.25) is 0 Å². The molecule has 35 heavy (non-hydrogen) atoms. The number of carbonyl (C=O) groups is 3. The summed E-state index contributed by atoms with van der Waals surface area (Å²) in [6.45, 7) is 8.31. The topological polar surface area (TPSA) is 125 Å². The third-order valence-electron chi connectivity index (χ3n) is 8.40. The monoisotopic (exact) mass is 476 g/mol. The van der Waals surface area contributed by atoms with Gasteiger partial charge in [0.15, 0.2) is 17.2 Å². The van der Waals surface area contributed by atoms with Gasteiger partial charge in [-0.3, -0.25) is 14.4 Å². The van der Waals surface area contributed by atoms with Crippen LogP contribution in [0.15, 0.2) is 51.7 Å². The first-order valence-electron chi connectivity index (χ1n) is 11.6. The van der Waals surface area contributed by atoms with E-state index in [1.165, 1.54) is 0 Å². The Labute approximate surface area is 202 Å². The molecule has 3 N–H and O–H groups in total. The number of aliphatic hydroxyl groups excluding tert-OH is 2. The average Bonchev–Trinajstić information content (AvgIpc) is 3.27. The van der Waals surface area contributed by atoms with Gasteiger partial charge in [-0.25, -0.2) is 0 Å². The van der Waals surface area contributed by atoms with Crippen molar-refractivity contribution >= 4 is 17.3 Å². The summed E-state index contributed by atoms with van der Waals surface area (Å²) in [6, 6.07) is 3.84. The Morgan fingerprint density at radius 2 is 1.80 bits per heavy atom. The van der Waals surface area contributed by atoms with E-state index >= 15 is 0 Å². The highest BCUT2D eigenvalue weighted by atomic mass is 16.3. The molecule has 2 aromatic rings. The second kappa shape index (κ2) is 7.04. The molecule has 0 saturated carbocycles. The molecule has 0 spiro atoms. The number of rotatable bonds is 2. The molecule has 1 heterocycles. The summed E-state index contributed by atoms with van der Waals surface area (Å²) in [5.74, 6) is -3.33. The number of furan rings is 1. The second-order valence-corrected chi connectivity index (χ2v) is 10.9. The van der Waals surface area contributed by atoms with Crippen LogP contribution in [0, 0.1) is 24.7 Å². The number of aryl methyl sites for hydroxylation is 1. The molecular formula is C28H28O7. The lowest BCUT2D eigenvalue weighted by atomic mass is 9.48. The molecule has 182 valence electrons. The van der Waals surface area contributed by atoms with E-state index in [0.29, 0.717) is 12.0 Å². The number of ketones is 3. The second-order valence-electron chi connectivity index (χ2n) is 10.9. The number of hydrogen-bond acceptors (Lipinski definition) is 7. The number of carbonyl (C=O) groups excluding carboxylic acids is 3. The van der Waals surface area contributed by atoms with Crippen molar-refractivity contribution in [1.82, 2.24) is 0 Å². The normalized spacial score (nSPS) is 30.2. The van der Waals surface area contributed by atoms with Crippen LogP contribution in [0.1, 0.15) is 60.7 Å². The van der Waals surface area contributed by atoms with Crippen molar-refractivity contribution in [3.63, 3.8) is 0 Å². The molecule has 1 aromatic heterocycles. The minimum atomic E-state index is -2.49. The van der Waals surface area contributed by atoms with Crippen molar-refractivity contribution in [3.8, 4) is 11.1 Å². The summed E-state index contributed by atoms with van der Waals surface area (Å²) in [6.07, 6.45) is 3.52. The molecule has 5 rings (SSSR count). The van der Waals surface area contributed by atoms with E-state index in [9.17, 15) is 29.7 Å². The highest BCUT2D eigenvalue weighted by molar-refractivity contribution is 6.25. The molecule has 1 aromatic carbocycles. The van der Waals surface area contributed by atoms with E-state index in [0.717, 1.165) is 34.7 Å². The molecule has 0 unspecified atom stereocenters. The Hall–Kier alpha value is -3.45. The number of Topliss-reactive ketones (excluding diaryl/α,β-unsaturated/α-hetero) is 3. The lowest BCUT2D eigenvalue weighted by Gasteiger charge is -2.56. The maximum Gasteiger partial charge on any atom is 0.209 e. The Balaban J connectivity index is 1.80. The SMILES string of the molecule is CC(=O)C1=C(O)C[C@@]2(C)C[C@@]3(C)Cc4c(-c5ccoc5)cc(C)c(C)c4C(=O)C3=C(O)[C@@]2(O)C1=O. The molecule has 0 fully saturated rings. The summed E-state index contributed by atoms with van der Waals surface area (Å²) >= 11 is 0. The van der Waals surface area contributed by atoms with Crippen LogP contribution in [0.25, 0.3) is 11.1 Å². The maximum atomic E-state index is 14.1. The third-order valence-corrected chi connectivity index (χ3v) is 8.40. The lowest BCUT2D eigenvalue weighted by molar-refractivity contribution is -0.158. The van der Waals surface area contributed by atoms with Crippen molar-refractivity contribution in [2.45, 2.75) is 59.5 Å². The van der Waals surface area contributed by atoms with E-state index in [2.05, 4.69) is 0 Å². The number of hydrogen-bond donors (Lipinski definition) is 3. The van der Waals surface area contributed by atoms with Crippen molar-refractivity contribution < 1.29 is 34.1 Å². The van der Waals surface area contributed by atoms with E-state index in [1.54, 1.807) is 19.5 Å². The fraction of sp³-hybridized carbons (Fsp3) is 0.393. The van der Waals surface area contributed by atoms with Crippen LogP contribution in [-0.4, -0.2) is 38.3 Å². The van der Waals surface area contributed by atoms with Crippen molar-refractivity contribution in [2.24, 2.45) is 10.8 Å². The van der Waals surface area contributed by atoms with Crippen LogP contribution in [0.3, 0.4) is 0 Å². The quantitative estimate of drug-likeness (QED) is 0.540. The molecule has 3 aliphatic carbocycles. The zero-order chi connectivity index (χ0) is 25.7. The molecule has 0 aliphatic heterocycles. The molecule has 0 saturated heterocycles. The van der Waals surface area contributed by atoms with Crippen LogP contribution >= 0.6 is 0 Å². The summed E-state index contributed by atoms with van der Waals surface area (Å²) in [5, 5.41) is 33.9. The fourth-order valence-corrected chi connectivity index (χ4v) is 6.72. The smallest absolute Gasteiger partial charge is 0.209 e. The van der Waals surface area contributed by atoms with E-state index in [4.69, 9.17) is 4.42 Å². The fourth-order valence-electron chi connectivity index (χ4n) is 6.72.